The molecule has 0 rings (SSSR count). The lowest BCUT2D eigenvalue weighted by Gasteiger charge is -2.31. The number of carboxylic acid groups (broad SMARTS) is 1. The van der Waals surface area contributed by atoms with E-state index in [1.165, 1.54) is 19.3 Å². The van der Waals surface area contributed by atoms with Gasteiger partial charge >= 0.3 is 17.9 Å². The fourth-order valence-electron chi connectivity index (χ4n) is 5.28. The van der Waals surface area contributed by atoms with Crippen molar-refractivity contribution in [1.29, 1.82) is 0 Å². The van der Waals surface area contributed by atoms with Gasteiger partial charge in [0.05, 0.1) is 34.4 Å². The van der Waals surface area contributed by atoms with E-state index < -0.39 is 18.1 Å². The predicted molar refractivity (Wildman–Crippen MR) is 215 cm³/mol. The number of likely N-dealkylation sites (N-methyl/N-ethyl adjacent to an activating group) is 1. The van der Waals surface area contributed by atoms with E-state index in [0.29, 0.717) is 19.3 Å². The average molecular weight is 729 g/mol. The first-order valence-electron chi connectivity index (χ1n) is 20.0. The number of hydrogen-bond donors (Lipinski definition) is 1. The van der Waals surface area contributed by atoms with Crippen molar-refractivity contribution in [3.05, 3.63) is 72.9 Å². The van der Waals surface area contributed by atoms with Gasteiger partial charge in [-0.2, -0.15) is 0 Å². The highest BCUT2D eigenvalue weighted by atomic mass is 16.6. The number of carbonyl (C=O) groups is 3. The predicted octanol–water partition coefficient (Wildman–Crippen LogP) is 10.4. The molecule has 0 saturated carbocycles. The van der Waals surface area contributed by atoms with Gasteiger partial charge < -0.3 is 23.8 Å². The Morgan fingerprint density at radius 2 is 1.08 bits per heavy atom. The van der Waals surface area contributed by atoms with Crippen molar-refractivity contribution in [3.63, 3.8) is 0 Å². The molecule has 0 aromatic carbocycles. The third kappa shape index (κ3) is 32.7. The second-order valence-corrected chi connectivity index (χ2v) is 14.3. The van der Waals surface area contributed by atoms with Gasteiger partial charge in [0.25, 0.3) is 0 Å². The van der Waals surface area contributed by atoms with Crippen LogP contribution in [0.1, 0.15) is 136 Å². The number of quaternary nitrogens is 1. The molecule has 0 aliphatic carbocycles. The second kappa shape index (κ2) is 34.8. The Morgan fingerprint density at radius 3 is 1.63 bits per heavy atom. The number of ether oxygens (including phenoxy) is 3. The van der Waals surface area contributed by atoms with E-state index in [1.54, 1.807) is 0 Å². The number of esters is 2. The zero-order chi connectivity index (χ0) is 38.5. The number of unbranched alkanes of at least 4 members (excludes halogenated alkanes) is 12. The van der Waals surface area contributed by atoms with Gasteiger partial charge in [-0.3, -0.25) is 9.59 Å². The molecule has 0 saturated heterocycles. The third-order valence-corrected chi connectivity index (χ3v) is 8.44. The average Bonchev–Trinajstić information content (AvgIpc) is 3.09. The summed E-state index contributed by atoms with van der Waals surface area (Å²) in [5.74, 6) is -1.53. The van der Waals surface area contributed by atoms with Crippen molar-refractivity contribution in [2.75, 3.05) is 41.0 Å². The maximum absolute atomic E-state index is 12.7. The van der Waals surface area contributed by atoms with E-state index >= 15 is 0 Å². The molecule has 0 radical (unpaired) electrons. The number of carbonyl (C=O) groups excluding carboxylic acids is 2. The van der Waals surface area contributed by atoms with Crippen molar-refractivity contribution < 1.29 is 38.2 Å². The smallest absolute Gasteiger partial charge is 0.362 e. The molecule has 2 atom stereocenters. The molecule has 0 heterocycles. The Kier molecular flexibility index (Phi) is 32.7. The van der Waals surface area contributed by atoms with Gasteiger partial charge in [-0.1, -0.05) is 138 Å². The van der Waals surface area contributed by atoms with Crippen LogP contribution in [0.4, 0.5) is 0 Å². The number of aliphatic carboxylic acids is 1. The summed E-state index contributed by atoms with van der Waals surface area (Å²) in [6.45, 7) is 4.53. The first-order valence-corrected chi connectivity index (χ1v) is 20.0. The topological polar surface area (TPSA) is 99.1 Å². The van der Waals surface area contributed by atoms with Crippen LogP contribution in [0.2, 0.25) is 0 Å². The molecule has 2 unspecified atom stereocenters. The molecule has 0 amide bonds. The van der Waals surface area contributed by atoms with Crippen molar-refractivity contribution in [2.45, 2.75) is 148 Å². The minimum absolute atomic E-state index is 0.0427. The monoisotopic (exact) mass is 729 g/mol. The molecule has 0 aliphatic rings. The van der Waals surface area contributed by atoms with Gasteiger partial charge in [-0.25, -0.2) is 4.79 Å². The van der Waals surface area contributed by atoms with Crippen LogP contribution in [-0.2, 0) is 28.6 Å². The normalized spacial score (nSPS) is 13.8. The fourth-order valence-corrected chi connectivity index (χ4v) is 5.28. The SMILES string of the molecule is CCC/C=C/C=C/C=C/C=C/C=C/CCCCCCCC(=O)OC(COCCC(C(=O)O)[N+](C)(C)C)COC(=O)CCCCCC/C=C/CCCC. The van der Waals surface area contributed by atoms with Gasteiger partial charge in [0.2, 0.25) is 0 Å². The van der Waals surface area contributed by atoms with Gasteiger partial charge in [-0.05, 0) is 51.4 Å². The lowest BCUT2D eigenvalue weighted by atomic mass is 10.1. The number of nitrogens with zero attached hydrogens (tertiary/aromatic N) is 1. The van der Waals surface area contributed by atoms with E-state index in [0.717, 1.165) is 83.5 Å². The Morgan fingerprint density at radius 1 is 0.577 bits per heavy atom. The highest BCUT2D eigenvalue weighted by Gasteiger charge is 2.31. The van der Waals surface area contributed by atoms with Crippen LogP contribution in [0.25, 0.3) is 0 Å². The zero-order valence-corrected chi connectivity index (χ0v) is 33.5. The Bertz CT molecular complexity index is 1080. The molecular weight excluding hydrogens is 654 g/mol. The summed E-state index contributed by atoms with van der Waals surface area (Å²) in [5.41, 5.74) is 0. The largest absolute Gasteiger partial charge is 0.477 e. The summed E-state index contributed by atoms with van der Waals surface area (Å²) in [7, 11) is 5.49. The Hall–Kier alpha value is -3.23. The van der Waals surface area contributed by atoms with Crippen molar-refractivity contribution in [3.8, 4) is 0 Å². The number of rotatable bonds is 34. The molecule has 8 heteroatoms. The molecule has 0 aromatic heterocycles. The van der Waals surface area contributed by atoms with Gasteiger partial charge in [0, 0.05) is 19.3 Å². The summed E-state index contributed by atoms with van der Waals surface area (Å²) in [6, 6.07) is -0.623. The molecule has 0 bridgehead atoms. The van der Waals surface area contributed by atoms with Crippen molar-refractivity contribution >= 4 is 17.9 Å². The quantitative estimate of drug-likeness (QED) is 0.0231. The minimum atomic E-state index is -0.886. The number of carboxylic acids is 1. The highest BCUT2D eigenvalue weighted by Crippen LogP contribution is 2.12. The summed E-state index contributed by atoms with van der Waals surface area (Å²) < 4.78 is 17.2. The standard InChI is InChI=1S/C44H73NO7/c1-6-8-10-12-14-16-18-19-20-21-22-23-24-25-27-29-31-33-35-43(47)52-40(38-50-37-36-41(44(48)49)45(3,4)5)39-51-42(46)34-32-30-28-26-17-15-13-11-9-7-2/h10,12-16,18-23,40-41H,6-9,11,17,24-39H2,1-5H3/p+1/b12-10+,15-13+,16-14+,19-18+,21-20+,23-22+. The van der Waals surface area contributed by atoms with E-state index in [9.17, 15) is 19.5 Å². The summed E-state index contributed by atoms with van der Waals surface area (Å²) in [6.07, 6.45) is 42.2. The lowest BCUT2D eigenvalue weighted by molar-refractivity contribution is -0.887. The highest BCUT2D eigenvalue weighted by molar-refractivity contribution is 5.72. The number of hydrogen-bond acceptors (Lipinski definition) is 6. The van der Waals surface area contributed by atoms with Crippen molar-refractivity contribution in [2.24, 2.45) is 0 Å². The first kappa shape index (κ1) is 48.8. The minimum Gasteiger partial charge on any atom is -0.477 e. The van der Waals surface area contributed by atoms with Crippen LogP contribution < -0.4 is 0 Å². The van der Waals surface area contributed by atoms with Crippen molar-refractivity contribution in [1.82, 2.24) is 0 Å². The molecule has 52 heavy (non-hydrogen) atoms. The molecule has 0 fully saturated rings. The summed E-state index contributed by atoms with van der Waals surface area (Å²) in [4.78, 5) is 36.8. The molecular formula is C44H74NO7+. The van der Waals surface area contributed by atoms with Crippen LogP contribution in [-0.4, -0.2) is 80.6 Å². The van der Waals surface area contributed by atoms with E-state index in [4.69, 9.17) is 14.2 Å². The Balaban J connectivity index is 4.48. The number of allylic oxidation sites excluding steroid dienone is 12. The first-order chi connectivity index (χ1) is 25.1. The van der Waals surface area contributed by atoms with Gasteiger partial charge in [-0.15, -0.1) is 0 Å². The molecule has 296 valence electrons. The van der Waals surface area contributed by atoms with Crippen LogP contribution in [0.5, 0.6) is 0 Å². The summed E-state index contributed by atoms with van der Waals surface area (Å²) >= 11 is 0. The molecule has 0 aliphatic heterocycles. The van der Waals surface area contributed by atoms with Gasteiger partial charge in [0.1, 0.15) is 6.61 Å². The maximum atomic E-state index is 12.7. The molecule has 1 N–H and O–H groups in total. The zero-order valence-electron chi connectivity index (χ0n) is 33.5. The van der Waals surface area contributed by atoms with E-state index in [1.807, 2.05) is 57.6 Å². The Labute approximate surface area is 317 Å². The lowest BCUT2D eigenvalue weighted by Crippen LogP contribution is -2.50. The van der Waals surface area contributed by atoms with Crippen LogP contribution >= 0.6 is 0 Å². The van der Waals surface area contributed by atoms with Crippen LogP contribution in [0, 0.1) is 0 Å². The maximum Gasteiger partial charge on any atom is 0.362 e. The van der Waals surface area contributed by atoms with E-state index in [2.05, 4.69) is 50.3 Å². The molecule has 8 nitrogen and oxygen atoms in total. The second-order valence-electron chi connectivity index (χ2n) is 14.3. The third-order valence-electron chi connectivity index (χ3n) is 8.44. The fraction of sp³-hybridized carbons (Fsp3) is 0.659. The molecule has 0 aromatic rings. The van der Waals surface area contributed by atoms with Crippen LogP contribution in [0.15, 0.2) is 72.9 Å². The van der Waals surface area contributed by atoms with Crippen LogP contribution in [0.3, 0.4) is 0 Å². The van der Waals surface area contributed by atoms with E-state index in [-0.39, 0.29) is 36.2 Å². The van der Waals surface area contributed by atoms with Gasteiger partial charge in [0.15, 0.2) is 12.1 Å². The molecule has 0 spiro atoms. The summed E-state index contributed by atoms with van der Waals surface area (Å²) in [5, 5.41) is 9.59.